The highest BCUT2D eigenvalue weighted by Gasteiger charge is 2.18. The lowest BCUT2D eigenvalue weighted by Crippen LogP contribution is -2.20. The average Bonchev–Trinajstić information content (AvgIpc) is 2.77. The van der Waals surface area contributed by atoms with E-state index in [-0.39, 0.29) is 0 Å². The van der Waals surface area contributed by atoms with Gasteiger partial charge < -0.3 is 10.8 Å². The van der Waals surface area contributed by atoms with Gasteiger partial charge in [-0.2, -0.15) is 0 Å². The Kier molecular flexibility index (Phi) is 3.45. The summed E-state index contributed by atoms with van der Waals surface area (Å²) in [5.41, 5.74) is 9.28. The van der Waals surface area contributed by atoms with Gasteiger partial charge >= 0.3 is 5.97 Å². The summed E-state index contributed by atoms with van der Waals surface area (Å²) in [6, 6.07) is 5.04. The molecule has 0 bridgehead atoms. The Labute approximate surface area is 109 Å². The minimum Gasteiger partial charge on any atom is -0.480 e. The first-order chi connectivity index (χ1) is 8.49. The monoisotopic (exact) mass is 262 g/mol. The number of carboxylic acids is 1. The molecule has 1 unspecified atom stereocenters. The molecule has 94 valence electrons. The topological polar surface area (TPSA) is 76.2 Å². The lowest BCUT2D eigenvalue weighted by Gasteiger charge is -2.04. The molecule has 4 nitrogen and oxygen atoms in total. The Balaban J connectivity index is 2.38. The molecular weight excluding hydrogens is 248 g/mol. The number of carbonyl (C=O) groups is 1. The second-order valence-corrected chi connectivity index (χ2v) is 5.07. The minimum atomic E-state index is -1.06. The predicted molar refractivity (Wildman–Crippen MR) is 71.6 cm³/mol. The number of thiazole rings is 1. The van der Waals surface area contributed by atoms with Crippen molar-refractivity contribution in [1.82, 2.24) is 4.98 Å². The first-order valence-corrected chi connectivity index (χ1v) is 6.38. The van der Waals surface area contributed by atoms with E-state index in [1.807, 2.05) is 26.0 Å². The number of aromatic nitrogens is 1. The number of hydrogen-bond donors (Lipinski definition) is 2. The number of aliphatic carboxylic acids is 1. The van der Waals surface area contributed by atoms with Crippen molar-refractivity contribution in [2.24, 2.45) is 5.73 Å². The molecule has 5 heteroatoms. The van der Waals surface area contributed by atoms with Crippen molar-refractivity contribution in [3.8, 4) is 10.6 Å². The van der Waals surface area contributed by atoms with Crippen LogP contribution in [-0.2, 0) is 4.79 Å². The second kappa shape index (κ2) is 4.88. The quantitative estimate of drug-likeness (QED) is 0.891. The van der Waals surface area contributed by atoms with Crippen LogP contribution in [0.5, 0.6) is 0 Å². The van der Waals surface area contributed by atoms with E-state index in [0.717, 1.165) is 16.1 Å². The Bertz CT molecular complexity index is 592. The first-order valence-electron chi connectivity index (χ1n) is 5.50. The maximum Gasteiger partial charge on any atom is 0.326 e. The molecule has 1 aromatic heterocycles. The fourth-order valence-corrected chi connectivity index (χ4v) is 2.68. The van der Waals surface area contributed by atoms with E-state index in [2.05, 4.69) is 11.1 Å². The lowest BCUT2D eigenvalue weighted by atomic mass is 10.1. The van der Waals surface area contributed by atoms with Crippen LogP contribution in [-0.4, -0.2) is 16.1 Å². The van der Waals surface area contributed by atoms with Crippen molar-refractivity contribution in [2.45, 2.75) is 19.9 Å². The molecule has 2 rings (SSSR count). The van der Waals surface area contributed by atoms with Gasteiger partial charge in [-0.05, 0) is 19.4 Å². The number of hydrogen-bond acceptors (Lipinski definition) is 4. The van der Waals surface area contributed by atoms with Gasteiger partial charge in [-0.1, -0.05) is 23.8 Å². The van der Waals surface area contributed by atoms with E-state index in [1.54, 1.807) is 5.38 Å². The molecule has 1 heterocycles. The number of nitrogens with zero attached hydrogens (tertiary/aromatic N) is 1. The van der Waals surface area contributed by atoms with E-state index in [4.69, 9.17) is 10.8 Å². The summed E-state index contributed by atoms with van der Waals surface area (Å²) in [4.78, 5) is 15.1. The third kappa shape index (κ3) is 2.42. The van der Waals surface area contributed by atoms with Crippen LogP contribution >= 0.6 is 11.3 Å². The van der Waals surface area contributed by atoms with Gasteiger partial charge in [-0.25, -0.2) is 4.98 Å². The minimum absolute atomic E-state index is 0.405. The fraction of sp³-hybridized carbons (Fsp3) is 0.231. The molecule has 2 aromatic rings. The van der Waals surface area contributed by atoms with Crippen LogP contribution in [0.3, 0.4) is 0 Å². The molecule has 0 saturated heterocycles. The first kappa shape index (κ1) is 12.7. The zero-order chi connectivity index (χ0) is 13.3. The third-order valence-corrected chi connectivity index (χ3v) is 3.61. The molecule has 1 aromatic carbocycles. The van der Waals surface area contributed by atoms with E-state index in [0.29, 0.717) is 5.69 Å². The summed E-state index contributed by atoms with van der Waals surface area (Å²) < 4.78 is 0. The SMILES string of the molecule is Cc1ccc(-c2nc(C(N)C(=O)O)cs2)c(C)c1. The maximum absolute atomic E-state index is 10.8. The largest absolute Gasteiger partial charge is 0.480 e. The zero-order valence-electron chi connectivity index (χ0n) is 10.2. The van der Waals surface area contributed by atoms with Crippen LogP contribution in [0.4, 0.5) is 0 Å². The van der Waals surface area contributed by atoms with Crippen LogP contribution in [0, 0.1) is 13.8 Å². The van der Waals surface area contributed by atoms with Crippen molar-refractivity contribution >= 4 is 17.3 Å². The van der Waals surface area contributed by atoms with E-state index >= 15 is 0 Å². The highest BCUT2D eigenvalue weighted by molar-refractivity contribution is 7.13. The van der Waals surface area contributed by atoms with E-state index in [1.165, 1.54) is 16.9 Å². The second-order valence-electron chi connectivity index (χ2n) is 4.21. The average molecular weight is 262 g/mol. The standard InChI is InChI=1S/C13H14N2O2S/c1-7-3-4-9(8(2)5-7)12-15-10(6-18-12)11(14)13(16)17/h3-6,11H,14H2,1-2H3,(H,16,17). The molecule has 0 aliphatic heterocycles. The Morgan fingerprint density at radius 3 is 2.78 bits per heavy atom. The summed E-state index contributed by atoms with van der Waals surface area (Å²) in [7, 11) is 0. The molecular formula is C13H14N2O2S. The Morgan fingerprint density at radius 1 is 1.44 bits per heavy atom. The summed E-state index contributed by atoms with van der Waals surface area (Å²) in [6.07, 6.45) is 0. The number of rotatable bonds is 3. The molecule has 1 atom stereocenters. The highest BCUT2D eigenvalue weighted by Crippen LogP contribution is 2.28. The fourth-order valence-electron chi connectivity index (χ4n) is 1.73. The van der Waals surface area contributed by atoms with Crippen LogP contribution < -0.4 is 5.73 Å². The normalized spacial score (nSPS) is 12.4. The van der Waals surface area contributed by atoms with Crippen LogP contribution in [0.25, 0.3) is 10.6 Å². The smallest absolute Gasteiger partial charge is 0.326 e. The van der Waals surface area contributed by atoms with Crippen LogP contribution in [0.1, 0.15) is 22.9 Å². The number of aryl methyl sites for hydroxylation is 2. The van der Waals surface area contributed by atoms with E-state index in [9.17, 15) is 4.79 Å². The van der Waals surface area contributed by atoms with Crippen molar-refractivity contribution in [3.05, 3.63) is 40.4 Å². The van der Waals surface area contributed by atoms with Gasteiger partial charge in [-0.15, -0.1) is 11.3 Å². The molecule has 0 aliphatic carbocycles. The summed E-state index contributed by atoms with van der Waals surface area (Å²) in [6.45, 7) is 4.05. The molecule has 0 amide bonds. The van der Waals surface area contributed by atoms with Crippen molar-refractivity contribution in [3.63, 3.8) is 0 Å². The van der Waals surface area contributed by atoms with Gasteiger partial charge in [0.1, 0.15) is 11.0 Å². The van der Waals surface area contributed by atoms with Crippen molar-refractivity contribution in [2.75, 3.05) is 0 Å². The lowest BCUT2D eigenvalue weighted by molar-refractivity contribution is -0.138. The zero-order valence-corrected chi connectivity index (χ0v) is 11.0. The van der Waals surface area contributed by atoms with Gasteiger partial charge in [-0.3, -0.25) is 4.79 Å². The van der Waals surface area contributed by atoms with E-state index < -0.39 is 12.0 Å². The van der Waals surface area contributed by atoms with Crippen molar-refractivity contribution in [1.29, 1.82) is 0 Å². The molecule has 0 aliphatic rings. The Morgan fingerprint density at radius 2 is 2.17 bits per heavy atom. The molecule has 18 heavy (non-hydrogen) atoms. The van der Waals surface area contributed by atoms with Gasteiger partial charge in [0.05, 0.1) is 5.69 Å². The van der Waals surface area contributed by atoms with Gasteiger partial charge in [0.15, 0.2) is 0 Å². The summed E-state index contributed by atoms with van der Waals surface area (Å²) in [5.74, 6) is -1.06. The number of nitrogens with two attached hydrogens (primary N) is 1. The summed E-state index contributed by atoms with van der Waals surface area (Å²) in [5, 5.41) is 11.4. The van der Waals surface area contributed by atoms with Gasteiger partial charge in [0.2, 0.25) is 0 Å². The predicted octanol–water partition coefficient (Wildman–Crippen LogP) is 2.51. The molecule has 0 radical (unpaired) electrons. The molecule has 0 saturated carbocycles. The molecule has 3 N–H and O–H groups in total. The van der Waals surface area contributed by atoms with Gasteiger partial charge in [0.25, 0.3) is 0 Å². The van der Waals surface area contributed by atoms with Crippen LogP contribution in [0.2, 0.25) is 0 Å². The molecule has 0 fully saturated rings. The van der Waals surface area contributed by atoms with Gasteiger partial charge in [0, 0.05) is 10.9 Å². The summed E-state index contributed by atoms with van der Waals surface area (Å²) >= 11 is 1.41. The van der Waals surface area contributed by atoms with Crippen molar-refractivity contribution < 1.29 is 9.90 Å². The third-order valence-electron chi connectivity index (χ3n) is 2.72. The number of benzene rings is 1. The van der Waals surface area contributed by atoms with Crippen LogP contribution in [0.15, 0.2) is 23.6 Å². The molecule has 0 spiro atoms. The number of carboxylic acid groups (broad SMARTS) is 1. The Hall–Kier alpha value is -1.72. The highest BCUT2D eigenvalue weighted by atomic mass is 32.1. The maximum atomic E-state index is 10.8.